The Hall–Kier alpha value is -3.00. The molecule has 8 heteroatoms. The van der Waals surface area contributed by atoms with Crippen LogP contribution in [-0.2, 0) is 0 Å². The molecule has 0 saturated carbocycles. The molecule has 0 aliphatic carbocycles. The molecule has 3 rings (SSSR count). The normalized spacial score (nSPS) is 11.0. The van der Waals surface area contributed by atoms with Gasteiger partial charge in [-0.15, -0.1) is 0 Å². The molecule has 6 nitrogen and oxygen atoms in total. The summed E-state index contributed by atoms with van der Waals surface area (Å²) in [6.45, 7) is 0. The molecule has 25 heavy (non-hydrogen) atoms. The largest absolute Gasteiger partial charge is 0.493 e. The summed E-state index contributed by atoms with van der Waals surface area (Å²) in [6.07, 6.45) is 1.51. The van der Waals surface area contributed by atoms with Crippen molar-refractivity contribution < 1.29 is 13.9 Å². The van der Waals surface area contributed by atoms with Gasteiger partial charge in [-0.25, -0.2) is 9.49 Å². The minimum Gasteiger partial charge on any atom is -0.493 e. The summed E-state index contributed by atoms with van der Waals surface area (Å²) in [7, 11) is 3.12. The van der Waals surface area contributed by atoms with E-state index in [2.05, 4.69) is 15.3 Å². The lowest BCUT2D eigenvalue weighted by Gasteiger charge is -2.09. The lowest BCUT2D eigenvalue weighted by molar-refractivity contribution is 0.355. The number of H-pyrrole nitrogens is 1. The van der Waals surface area contributed by atoms with Crippen molar-refractivity contribution >= 4 is 18.4 Å². The standard InChI is InChI=1S/C17H15FN4O2S/c1-23-14-7-6-12(9-15(14)24-2)16-20-21-17(25)22(16)19-10-11-4-3-5-13(18)8-11/h3-10H,1-2H3,(H,21,25). The van der Waals surface area contributed by atoms with Crippen molar-refractivity contribution in [2.75, 3.05) is 14.2 Å². The molecule has 0 spiro atoms. The van der Waals surface area contributed by atoms with Crippen LogP contribution in [0.3, 0.4) is 0 Å². The van der Waals surface area contributed by atoms with Crippen LogP contribution in [0.1, 0.15) is 5.56 Å². The van der Waals surface area contributed by atoms with Crippen LogP contribution in [0.2, 0.25) is 0 Å². The Labute approximate surface area is 148 Å². The Morgan fingerprint density at radius 1 is 1.16 bits per heavy atom. The number of benzene rings is 2. The molecule has 0 atom stereocenters. The first-order chi connectivity index (χ1) is 12.1. The lowest BCUT2D eigenvalue weighted by atomic mass is 10.2. The van der Waals surface area contributed by atoms with Gasteiger partial charge in [-0.2, -0.15) is 14.9 Å². The van der Waals surface area contributed by atoms with Crippen LogP contribution >= 0.6 is 12.2 Å². The number of nitrogens with one attached hydrogen (secondary N) is 1. The second kappa shape index (κ2) is 7.27. The van der Waals surface area contributed by atoms with Crippen LogP contribution in [0.4, 0.5) is 4.39 Å². The van der Waals surface area contributed by atoms with Gasteiger partial charge in [0.1, 0.15) is 5.82 Å². The Balaban J connectivity index is 2.01. The number of nitrogens with zero attached hydrogens (tertiary/aromatic N) is 3. The van der Waals surface area contributed by atoms with E-state index in [1.54, 1.807) is 38.5 Å². The number of hydrogen-bond donors (Lipinski definition) is 1. The lowest BCUT2D eigenvalue weighted by Crippen LogP contribution is -1.97. The minimum atomic E-state index is -0.333. The molecule has 0 aliphatic heterocycles. The first-order valence-corrected chi connectivity index (χ1v) is 7.73. The van der Waals surface area contributed by atoms with E-state index in [4.69, 9.17) is 21.7 Å². The second-order valence-electron chi connectivity index (χ2n) is 5.03. The van der Waals surface area contributed by atoms with Gasteiger partial charge in [0.25, 0.3) is 0 Å². The molecule has 3 aromatic rings. The predicted octanol–water partition coefficient (Wildman–Crippen LogP) is 3.65. The highest BCUT2D eigenvalue weighted by Gasteiger charge is 2.12. The Morgan fingerprint density at radius 3 is 2.68 bits per heavy atom. The van der Waals surface area contributed by atoms with Gasteiger partial charge in [-0.1, -0.05) is 12.1 Å². The first kappa shape index (κ1) is 16.8. The van der Waals surface area contributed by atoms with Crippen molar-refractivity contribution in [3.63, 3.8) is 0 Å². The molecule has 0 unspecified atom stereocenters. The van der Waals surface area contributed by atoms with E-state index in [0.29, 0.717) is 27.7 Å². The highest BCUT2D eigenvalue weighted by Crippen LogP contribution is 2.31. The van der Waals surface area contributed by atoms with Gasteiger partial charge in [0.15, 0.2) is 17.3 Å². The van der Waals surface area contributed by atoms with Crippen LogP contribution in [-0.4, -0.2) is 35.3 Å². The molecule has 0 aliphatic rings. The number of ether oxygens (including phenoxy) is 2. The summed E-state index contributed by atoms with van der Waals surface area (Å²) in [6, 6.07) is 11.5. The second-order valence-corrected chi connectivity index (χ2v) is 5.42. The minimum absolute atomic E-state index is 0.317. The third-order valence-corrected chi connectivity index (χ3v) is 3.73. The van der Waals surface area contributed by atoms with E-state index >= 15 is 0 Å². The van der Waals surface area contributed by atoms with Crippen molar-refractivity contribution in [2.45, 2.75) is 0 Å². The Morgan fingerprint density at radius 2 is 1.96 bits per heavy atom. The molecule has 0 saturated heterocycles. The molecular weight excluding hydrogens is 343 g/mol. The van der Waals surface area contributed by atoms with Gasteiger partial charge in [0.2, 0.25) is 4.77 Å². The van der Waals surface area contributed by atoms with E-state index in [0.717, 1.165) is 5.56 Å². The fraction of sp³-hybridized carbons (Fsp3) is 0.118. The molecule has 0 amide bonds. The van der Waals surface area contributed by atoms with Crippen molar-refractivity contribution in [1.29, 1.82) is 0 Å². The summed E-state index contributed by atoms with van der Waals surface area (Å²) >= 11 is 5.23. The molecule has 0 fully saturated rings. The first-order valence-electron chi connectivity index (χ1n) is 7.32. The van der Waals surface area contributed by atoms with Crippen LogP contribution in [0.15, 0.2) is 47.6 Å². The third kappa shape index (κ3) is 3.58. The molecule has 0 radical (unpaired) electrons. The number of aromatic nitrogens is 3. The molecule has 1 N–H and O–H groups in total. The molecule has 1 aromatic heterocycles. The van der Waals surface area contributed by atoms with Crippen LogP contribution in [0, 0.1) is 10.6 Å². The van der Waals surface area contributed by atoms with Crippen molar-refractivity contribution in [2.24, 2.45) is 5.10 Å². The number of rotatable bonds is 5. The molecule has 1 heterocycles. The van der Waals surface area contributed by atoms with Crippen LogP contribution in [0.25, 0.3) is 11.4 Å². The zero-order valence-electron chi connectivity index (χ0n) is 13.6. The fourth-order valence-corrected chi connectivity index (χ4v) is 2.45. The van der Waals surface area contributed by atoms with Gasteiger partial charge in [-0.3, -0.25) is 0 Å². The summed E-state index contributed by atoms with van der Waals surface area (Å²) < 4.78 is 25.6. The van der Waals surface area contributed by atoms with Crippen molar-refractivity contribution in [3.05, 3.63) is 58.6 Å². The average molecular weight is 358 g/mol. The maximum Gasteiger partial charge on any atom is 0.216 e. The van der Waals surface area contributed by atoms with E-state index in [9.17, 15) is 4.39 Å². The SMILES string of the molecule is COc1ccc(-c2n[nH]c(=S)n2N=Cc2cccc(F)c2)cc1OC. The van der Waals surface area contributed by atoms with Gasteiger partial charge >= 0.3 is 0 Å². The molecule has 128 valence electrons. The zero-order chi connectivity index (χ0) is 17.8. The van der Waals surface area contributed by atoms with Gasteiger partial charge < -0.3 is 9.47 Å². The molecule has 0 bridgehead atoms. The topological polar surface area (TPSA) is 64.4 Å². The van der Waals surface area contributed by atoms with Crippen molar-refractivity contribution in [3.8, 4) is 22.9 Å². The van der Waals surface area contributed by atoms with Gasteiger partial charge in [0.05, 0.1) is 20.4 Å². The Kier molecular flexibility index (Phi) is 4.90. The summed E-state index contributed by atoms with van der Waals surface area (Å²) in [5, 5.41) is 11.2. The fourth-order valence-electron chi connectivity index (χ4n) is 2.27. The number of methoxy groups -OCH3 is 2. The van der Waals surface area contributed by atoms with Crippen molar-refractivity contribution in [1.82, 2.24) is 14.9 Å². The van der Waals surface area contributed by atoms with E-state index in [1.165, 1.54) is 23.0 Å². The molecular formula is C17H15FN4O2S. The maximum atomic E-state index is 13.3. The quantitative estimate of drug-likeness (QED) is 0.559. The Bertz CT molecular complexity index is 981. The van der Waals surface area contributed by atoms with E-state index in [-0.39, 0.29) is 5.82 Å². The van der Waals surface area contributed by atoms with Gasteiger partial charge in [0, 0.05) is 5.56 Å². The summed E-state index contributed by atoms with van der Waals surface area (Å²) in [5.74, 6) is 1.34. The highest BCUT2D eigenvalue weighted by atomic mass is 32.1. The molecule has 2 aromatic carbocycles. The third-order valence-electron chi connectivity index (χ3n) is 3.46. The van der Waals surface area contributed by atoms with E-state index in [1.807, 2.05) is 6.07 Å². The van der Waals surface area contributed by atoms with E-state index < -0.39 is 0 Å². The summed E-state index contributed by atoms with van der Waals surface area (Å²) in [5.41, 5.74) is 1.35. The van der Waals surface area contributed by atoms with Crippen LogP contribution in [0.5, 0.6) is 11.5 Å². The van der Waals surface area contributed by atoms with Gasteiger partial charge in [-0.05, 0) is 48.1 Å². The zero-order valence-corrected chi connectivity index (χ0v) is 14.4. The maximum absolute atomic E-state index is 13.3. The number of hydrogen-bond acceptors (Lipinski definition) is 5. The summed E-state index contributed by atoms with van der Waals surface area (Å²) in [4.78, 5) is 0. The average Bonchev–Trinajstić information content (AvgIpc) is 3.00. The number of halogens is 1. The predicted molar refractivity (Wildman–Crippen MR) is 95.3 cm³/mol. The van der Waals surface area contributed by atoms with Crippen LogP contribution < -0.4 is 9.47 Å². The highest BCUT2D eigenvalue weighted by molar-refractivity contribution is 7.71. The number of aromatic amines is 1. The monoisotopic (exact) mass is 358 g/mol. The smallest absolute Gasteiger partial charge is 0.216 e.